The van der Waals surface area contributed by atoms with Crippen molar-refractivity contribution in [3.63, 3.8) is 0 Å². The van der Waals surface area contributed by atoms with Crippen molar-refractivity contribution in [1.29, 1.82) is 0 Å². The highest BCUT2D eigenvalue weighted by atomic mass is 16.5. The van der Waals surface area contributed by atoms with Gasteiger partial charge in [-0.25, -0.2) is 0 Å². The maximum absolute atomic E-state index is 5.76. The van der Waals surface area contributed by atoms with Crippen molar-refractivity contribution >= 4 is 0 Å². The zero-order valence-corrected chi connectivity index (χ0v) is 10.6. The van der Waals surface area contributed by atoms with Gasteiger partial charge < -0.3 is 15.2 Å². The van der Waals surface area contributed by atoms with E-state index in [-0.39, 0.29) is 0 Å². The van der Waals surface area contributed by atoms with Crippen LogP contribution in [0.3, 0.4) is 0 Å². The van der Waals surface area contributed by atoms with Gasteiger partial charge in [0.1, 0.15) is 0 Å². The fraction of sp³-hybridized carbons (Fsp3) is 0.200. The molecule has 3 heteroatoms. The second-order valence-electron chi connectivity index (χ2n) is 3.93. The summed E-state index contributed by atoms with van der Waals surface area (Å²) in [5, 5.41) is 0. The molecular weight excluding hydrogens is 226 g/mol. The van der Waals surface area contributed by atoms with E-state index in [1.54, 1.807) is 14.2 Å². The summed E-state index contributed by atoms with van der Waals surface area (Å²) in [4.78, 5) is 0. The molecule has 18 heavy (non-hydrogen) atoms. The lowest BCUT2D eigenvalue weighted by Gasteiger charge is -2.12. The molecule has 0 atom stereocenters. The van der Waals surface area contributed by atoms with Crippen molar-refractivity contribution in [2.45, 2.75) is 6.54 Å². The van der Waals surface area contributed by atoms with Crippen LogP contribution in [0.1, 0.15) is 5.56 Å². The van der Waals surface area contributed by atoms with Gasteiger partial charge in [-0.05, 0) is 28.8 Å². The predicted octanol–water partition coefficient (Wildman–Crippen LogP) is 2.83. The van der Waals surface area contributed by atoms with Crippen LogP contribution < -0.4 is 15.2 Å². The summed E-state index contributed by atoms with van der Waals surface area (Å²) in [6.07, 6.45) is 0. The van der Waals surface area contributed by atoms with Crippen LogP contribution >= 0.6 is 0 Å². The Morgan fingerprint density at radius 1 is 0.944 bits per heavy atom. The maximum Gasteiger partial charge on any atom is 0.161 e. The fourth-order valence-electron chi connectivity index (χ4n) is 1.98. The average molecular weight is 243 g/mol. The second kappa shape index (κ2) is 5.56. The van der Waals surface area contributed by atoms with E-state index in [0.717, 1.165) is 28.2 Å². The summed E-state index contributed by atoms with van der Waals surface area (Å²) in [6, 6.07) is 14.0. The van der Waals surface area contributed by atoms with Gasteiger partial charge in [-0.15, -0.1) is 0 Å². The summed E-state index contributed by atoms with van der Waals surface area (Å²) < 4.78 is 10.5. The Kier molecular flexibility index (Phi) is 3.85. The first-order valence-electron chi connectivity index (χ1n) is 5.80. The van der Waals surface area contributed by atoms with Crippen LogP contribution in [0, 0.1) is 0 Å². The van der Waals surface area contributed by atoms with Crippen LogP contribution in [0.5, 0.6) is 11.5 Å². The van der Waals surface area contributed by atoms with Gasteiger partial charge in [-0.3, -0.25) is 0 Å². The van der Waals surface area contributed by atoms with E-state index in [4.69, 9.17) is 15.2 Å². The van der Waals surface area contributed by atoms with Gasteiger partial charge in [0.05, 0.1) is 14.2 Å². The van der Waals surface area contributed by atoms with Crippen LogP contribution in [-0.2, 0) is 6.54 Å². The minimum absolute atomic E-state index is 0.518. The Labute approximate surface area is 107 Å². The van der Waals surface area contributed by atoms with Crippen molar-refractivity contribution in [2.75, 3.05) is 14.2 Å². The van der Waals surface area contributed by atoms with E-state index in [1.165, 1.54) is 0 Å². The van der Waals surface area contributed by atoms with Crippen LogP contribution in [-0.4, -0.2) is 14.2 Å². The molecule has 0 radical (unpaired) electrons. The van der Waals surface area contributed by atoms with Crippen LogP contribution in [0.15, 0.2) is 42.5 Å². The molecule has 0 saturated carbocycles. The van der Waals surface area contributed by atoms with Gasteiger partial charge in [0.25, 0.3) is 0 Å². The second-order valence-corrected chi connectivity index (χ2v) is 3.93. The fourth-order valence-corrected chi connectivity index (χ4v) is 1.98. The zero-order valence-electron chi connectivity index (χ0n) is 10.6. The molecule has 0 bridgehead atoms. The lowest BCUT2D eigenvalue weighted by molar-refractivity contribution is 0.355. The lowest BCUT2D eigenvalue weighted by Crippen LogP contribution is -1.99. The molecule has 3 nitrogen and oxygen atoms in total. The minimum Gasteiger partial charge on any atom is -0.493 e. The Hall–Kier alpha value is -2.00. The highest BCUT2D eigenvalue weighted by Crippen LogP contribution is 2.33. The third kappa shape index (κ3) is 2.31. The van der Waals surface area contributed by atoms with Gasteiger partial charge in [0, 0.05) is 6.54 Å². The Morgan fingerprint density at radius 2 is 1.67 bits per heavy atom. The van der Waals surface area contributed by atoms with E-state index in [2.05, 4.69) is 6.07 Å². The first-order valence-corrected chi connectivity index (χ1v) is 5.80. The summed E-state index contributed by atoms with van der Waals surface area (Å²) in [5.41, 5.74) is 9.08. The highest BCUT2D eigenvalue weighted by Gasteiger charge is 2.08. The largest absolute Gasteiger partial charge is 0.493 e. The molecule has 0 spiro atoms. The molecule has 0 aliphatic rings. The Morgan fingerprint density at radius 3 is 2.33 bits per heavy atom. The van der Waals surface area contributed by atoms with E-state index in [9.17, 15) is 0 Å². The van der Waals surface area contributed by atoms with Crippen molar-refractivity contribution in [1.82, 2.24) is 0 Å². The molecule has 0 unspecified atom stereocenters. The predicted molar refractivity (Wildman–Crippen MR) is 72.9 cm³/mol. The SMILES string of the molecule is COc1ccc(-c2ccccc2CN)cc1OC. The van der Waals surface area contributed by atoms with E-state index >= 15 is 0 Å². The molecule has 0 aromatic heterocycles. The molecular formula is C15H17NO2. The third-order valence-corrected chi connectivity index (χ3v) is 2.93. The number of hydrogen-bond acceptors (Lipinski definition) is 3. The quantitative estimate of drug-likeness (QED) is 0.898. The summed E-state index contributed by atoms with van der Waals surface area (Å²) in [7, 11) is 3.27. The smallest absolute Gasteiger partial charge is 0.161 e. The topological polar surface area (TPSA) is 44.5 Å². The van der Waals surface area contributed by atoms with Crippen molar-refractivity contribution in [3.8, 4) is 22.6 Å². The van der Waals surface area contributed by atoms with Gasteiger partial charge in [0.2, 0.25) is 0 Å². The summed E-state index contributed by atoms with van der Waals surface area (Å²) in [5.74, 6) is 1.45. The number of ether oxygens (including phenoxy) is 2. The van der Waals surface area contributed by atoms with Crippen molar-refractivity contribution in [2.24, 2.45) is 5.73 Å². The molecule has 2 aromatic carbocycles. The number of nitrogens with two attached hydrogens (primary N) is 1. The Bertz CT molecular complexity index is 538. The highest BCUT2D eigenvalue weighted by molar-refractivity contribution is 5.70. The standard InChI is InChI=1S/C15H17NO2/c1-17-14-8-7-11(9-15(14)18-2)13-6-4-3-5-12(13)10-16/h3-9H,10,16H2,1-2H3. The van der Waals surface area contributed by atoms with Crippen molar-refractivity contribution in [3.05, 3.63) is 48.0 Å². The zero-order chi connectivity index (χ0) is 13.0. The molecule has 0 saturated heterocycles. The Balaban J connectivity index is 2.51. The third-order valence-electron chi connectivity index (χ3n) is 2.93. The van der Waals surface area contributed by atoms with Crippen LogP contribution in [0.2, 0.25) is 0 Å². The molecule has 0 heterocycles. The minimum atomic E-state index is 0.518. The number of rotatable bonds is 4. The first kappa shape index (κ1) is 12.5. The normalized spacial score (nSPS) is 10.2. The van der Waals surface area contributed by atoms with E-state index in [0.29, 0.717) is 6.54 Å². The first-order chi connectivity index (χ1) is 8.80. The van der Waals surface area contributed by atoms with Crippen LogP contribution in [0.25, 0.3) is 11.1 Å². The summed E-state index contributed by atoms with van der Waals surface area (Å²) in [6.45, 7) is 0.518. The molecule has 2 N–H and O–H groups in total. The average Bonchev–Trinajstić information content (AvgIpc) is 2.46. The summed E-state index contributed by atoms with van der Waals surface area (Å²) >= 11 is 0. The van der Waals surface area contributed by atoms with Crippen LogP contribution in [0.4, 0.5) is 0 Å². The van der Waals surface area contributed by atoms with Gasteiger partial charge in [0.15, 0.2) is 11.5 Å². The number of methoxy groups -OCH3 is 2. The lowest BCUT2D eigenvalue weighted by atomic mass is 9.99. The molecule has 0 aliphatic carbocycles. The molecule has 0 fully saturated rings. The van der Waals surface area contributed by atoms with Gasteiger partial charge in [-0.2, -0.15) is 0 Å². The molecule has 0 amide bonds. The number of hydrogen-bond donors (Lipinski definition) is 1. The molecule has 2 rings (SSSR count). The van der Waals surface area contributed by atoms with E-state index < -0.39 is 0 Å². The van der Waals surface area contributed by atoms with Gasteiger partial charge >= 0.3 is 0 Å². The maximum atomic E-state index is 5.76. The number of benzene rings is 2. The molecule has 94 valence electrons. The molecule has 2 aromatic rings. The monoisotopic (exact) mass is 243 g/mol. The van der Waals surface area contributed by atoms with Crippen molar-refractivity contribution < 1.29 is 9.47 Å². The molecule has 0 aliphatic heterocycles. The van der Waals surface area contributed by atoms with Gasteiger partial charge in [-0.1, -0.05) is 30.3 Å². The van der Waals surface area contributed by atoms with E-state index in [1.807, 2.05) is 36.4 Å².